The summed E-state index contributed by atoms with van der Waals surface area (Å²) in [5.41, 5.74) is 2.36. The Morgan fingerprint density at radius 3 is 2.76 bits per heavy atom. The van der Waals surface area contributed by atoms with Gasteiger partial charge < -0.3 is 20.3 Å². The van der Waals surface area contributed by atoms with Gasteiger partial charge in [0.2, 0.25) is 0 Å². The van der Waals surface area contributed by atoms with Gasteiger partial charge in [0.1, 0.15) is 5.82 Å². The van der Waals surface area contributed by atoms with Gasteiger partial charge in [-0.25, -0.2) is 9.18 Å². The van der Waals surface area contributed by atoms with Gasteiger partial charge in [-0.15, -0.1) is 0 Å². The fraction of sp³-hybridized carbons (Fsp3) is 0.481. The summed E-state index contributed by atoms with van der Waals surface area (Å²) in [5.74, 6) is 0.535. The van der Waals surface area contributed by atoms with Gasteiger partial charge >= 0.3 is 6.03 Å². The number of urea groups is 1. The first-order valence-corrected chi connectivity index (χ1v) is 12.2. The Hall–Kier alpha value is -2.77. The second kappa shape index (κ2) is 11.6. The van der Waals surface area contributed by atoms with Crippen molar-refractivity contribution in [3.05, 3.63) is 65.5 Å². The average molecular weight is 468 g/mol. The lowest BCUT2D eigenvalue weighted by Gasteiger charge is -2.39. The molecule has 2 N–H and O–H groups in total. The number of benzene rings is 2. The lowest BCUT2D eigenvalue weighted by atomic mass is 9.89. The maximum Gasteiger partial charge on any atom is 0.319 e. The fourth-order valence-corrected chi connectivity index (χ4v) is 5.09. The number of ether oxygens (including phenoxy) is 1. The highest BCUT2D eigenvalue weighted by atomic mass is 19.1. The van der Waals surface area contributed by atoms with Crippen LogP contribution in [0.2, 0.25) is 0 Å². The van der Waals surface area contributed by atoms with Gasteiger partial charge in [0.15, 0.2) is 5.78 Å². The zero-order chi connectivity index (χ0) is 23.9. The van der Waals surface area contributed by atoms with Crippen LogP contribution in [0.3, 0.4) is 0 Å². The van der Waals surface area contributed by atoms with Crippen molar-refractivity contribution in [3.8, 4) is 0 Å². The first kappa shape index (κ1) is 24.4. The van der Waals surface area contributed by atoms with E-state index in [1.165, 1.54) is 31.0 Å². The molecule has 4 rings (SSSR count). The van der Waals surface area contributed by atoms with Crippen molar-refractivity contribution < 1.29 is 18.7 Å². The summed E-state index contributed by atoms with van der Waals surface area (Å²) in [4.78, 5) is 26.8. The van der Waals surface area contributed by atoms with E-state index >= 15 is 0 Å². The molecule has 2 aromatic carbocycles. The van der Waals surface area contributed by atoms with E-state index in [4.69, 9.17) is 4.74 Å². The molecule has 0 aromatic heterocycles. The number of halogens is 1. The van der Waals surface area contributed by atoms with Crippen LogP contribution >= 0.6 is 0 Å². The molecule has 182 valence electrons. The van der Waals surface area contributed by atoms with Crippen molar-refractivity contribution in [2.45, 2.75) is 38.6 Å². The molecule has 0 aliphatic carbocycles. The van der Waals surface area contributed by atoms with Crippen LogP contribution in [-0.2, 0) is 11.2 Å². The number of piperidine rings is 1. The van der Waals surface area contributed by atoms with E-state index in [9.17, 15) is 14.0 Å². The van der Waals surface area contributed by atoms with Gasteiger partial charge in [0, 0.05) is 42.9 Å². The van der Waals surface area contributed by atoms with Crippen LogP contribution in [0.1, 0.15) is 42.1 Å². The number of nitrogens with one attached hydrogen (secondary N) is 2. The third-order valence-electron chi connectivity index (χ3n) is 6.85. The molecule has 34 heavy (non-hydrogen) atoms. The number of Topliss-reactive ketones (excluding diaryl/α,β-unsaturated/α-hetero) is 1. The van der Waals surface area contributed by atoms with Crippen LogP contribution in [0, 0.1) is 17.7 Å². The highest BCUT2D eigenvalue weighted by Gasteiger charge is 2.30. The number of anilines is 1. The monoisotopic (exact) mass is 467 g/mol. The largest absolute Gasteiger partial charge is 0.381 e. The Labute approximate surface area is 200 Å². The van der Waals surface area contributed by atoms with Crippen molar-refractivity contribution >= 4 is 17.5 Å². The third-order valence-corrected chi connectivity index (χ3v) is 6.85. The summed E-state index contributed by atoms with van der Waals surface area (Å²) < 4.78 is 19.0. The van der Waals surface area contributed by atoms with Crippen LogP contribution in [0.4, 0.5) is 14.9 Å². The lowest BCUT2D eigenvalue weighted by Crippen LogP contribution is -2.51. The molecule has 7 heteroatoms. The predicted octanol–water partition coefficient (Wildman–Crippen LogP) is 4.51. The van der Waals surface area contributed by atoms with Crippen LogP contribution in [0.15, 0.2) is 48.5 Å². The number of amides is 2. The Morgan fingerprint density at radius 1 is 1.15 bits per heavy atom. The molecule has 0 spiro atoms. The van der Waals surface area contributed by atoms with Crippen molar-refractivity contribution in [1.82, 2.24) is 10.2 Å². The SMILES string of the molecule is CC(=O)c1cccc(NC(=O)N[C@@H]2CCOC[C@H]2CN2CCC[C@@H](Cc3ccc(F)cc3)C2)c1. The van der Waals surface area contributed by atoms with E-state index in [1.54, 1.807) is 24.3 Å². The number of rotatable bonds is 7. The van der Waals surface area contributed by atoms with Crippen LogP contribution in [0.5, 0.6) is 0 Å². The minimum absolute atomic E-state index is 0.0298. The van der Waals surface area contributed by atoms with Gasteiger partial charge in [-0.3, -0.25) is 4.79 Å². The first-order valence-electron chi connectivity index (χ1n) is 12.2. The van der Waals surface area contributed by atoms with E-state index in [0.717, 1.165) is 38.9 Å². The molecule has 2 aliphatic rings. The standard InChI is InChI=1S/C27H34FN3O3/c1-19(32)22-5-2-6-25(15-22)29-27(33)30-26-11-13-34-18-23(26)17-31-12-3-4-21(16-31)14-20-7-9-24(28)10-8-20/h2,5-10,15,21,23,26H,3-4,11-14,16-18H2,1H3,(H2,29,30,33)/t21-,23+,26+/m0/s1. The molecule has 0 saturated carbocycles. The van der Waals surface area contributed by atoms with Gasteiger partial charge in [-0.1, -0.05) is 24.3 Å². The highest BCUT2D eigenvalue weighted by Crippen LogP contribution is 2.24. The minimum atomic E-state index is -0.259. The van der Waals surface area contributed by atoms with Gasteiger partial charge in [-0.05, 0) is 74.9 Å². The molecule has 0 unspecified atom stereocenters. The van der Waals surface area contributed by atoms with Crippen molar-refractivity contribution in [1.29, 1.82) is 0 Å². The van der Waals surface area contributed by atoms with E-state index in [0.29, 0.717) is 30.4 Å². The van der Waals surface area contributed by atoms with E-state index < -0.39 is 0 Å². The molecule has 2 amide bonds. The third kappa shape index (κ3) is 6.87. The quantitative estimate of drug-likeness (QED) is 0.588. The number of hydrogen-bond donors (Lipinski definition) is 2. The molecular weight excluding hydrogens is 433 g/mol. The molecule has 2 heterocycles. The number of nitrogens with zero attached hydrogens (tertiary/aromatic N) is 1. The number of carbonyl (C=O) groups is 2. The number of likely N-dealkylation sites (tertiary alicyclic amines) is 1. The van der Waals surface area contributed by atoms with Crippen LogP contribution in [-0.4, -0.2) is 55.6 Å². The number of carbonyl (C=O) groups excluding carboxylic acids is 2. The Morgan fingerprint density at radius 2 is 1.97 bits per heavy atom. The van der Waals surface area contributed by atoms with Crippen LogP contribution in [0.25, 0.3) is 0 Å². The molecule has 2 aliphatic heterocycles. The maximum absolute atomic E-state index is 13.2. The molecule has 6 nitrogen and oxygen atoms in total. The zero-order valence-corrected chi connectivity index (χ0v) is 19.8. The topological polar surface area (TPSA) is 70.7 Å². The predicted molar refractivity (Wildman–Crippen MR) is 131 cm³/mol. The molecule has 3 atom stereocenters. The van der Waals surface area contributed by atoms with Gasteiger partial charge in [0.25, 0.3) is 0 Å². The van der Waals surface area contributed by atoms with E-state index in [-0.39, 0.29) is 29.6 Å². The Kier molecular flexibility index (Phi) is 8.29. The Balaban J connectivity index is 1.30. The second-order valence-corrected chi connectivity index (χ2v) is 9.56. The summed E-state index contributed by atoms with van der Waals surface area (Å²) in [6.45, 7) is 5.71. The van der Waals surface area contributed by atoms with E-state index in [1.807, 2.05) is 12.1 Å². The van der Waals surface area contributed by atoms with Gasteiger partial charge in [0.05, 0.1) is 6.61 Å². The first-order chi connectivity index (χ1) is 16.5. The maximum atomic E-state index is 13.2. The molecule has 0 radical (unpaired) electrons. The normalized spacial score (nSPS) is 23.3. The molecule has 2 aromatic rings. The minimum Gasteiger partial charge on any atom is -0.381 e. The fourth-order valence-electron chi connectivity index (χ4n) is 5.09. The number of ketones is 1. The molecule has 2 saturated heterocycles. The summed E-state index contributed by atoms with van der Waals surface area (Å²) in [6.07, 6.45) is 4.06. The molecular formula is C27H34FN3O3. The summed E-state index contributed by atoms with van der Waals surface area (Å²) in [5, 5.41) is 6.00. The Bertz CT molecular complexity index is 981. The average Bonchev–Trinajstić information content (AvgIpc) is 2.82. The highest BCUT2D eigenvalue weighted by molar-refractivity contribution is 5.96. The van der Waals surface area contributed by atoms with Crippen molar-refractivity contribution in [3.63, 3.8) is 0 Å². The van der Waals surface area contributed by atoms with Crippen molar-refractivity contribution in [2.75, 3.05) is 38.2 Å². The summed E-state index contributed by atoms with van der Waals surface area (Å²) in [7, 11) is 0. The smallest absolute Gasteiger partial charge is 0.319 e. The van der Waals surface area contributed by atoms with Gasteiger partial charge in [-0.2, -0.15) is 0 Å². The molecule has 2 fully saturated rings. The molecule has 0 bridgehead atoms. The zero-order valence-electron chi connectivity index (χ0n) is 19.8. The lowest BCUT2D eigenvalue weighted by molar-refractivity contribution is 0.0134. The van der Waals surface area contributed by atoms with E-state index in [2.05, 4.69) is 15.5 Å². The summed E-state index contributed by atoms with van der Waals surface area (Å²) in [6, 6.07) is 13.6. The van der Waals surface area contributed by atoms with Crippen LogP contribution < -0.4 is 10.6 Å². The number of hydrogen-bond acceptors (Lipinski definition) is 4. The van der Waals surface area contributed by atoms with Crippen molar-refractivity contribution in [2.24, 2.45) is 11.8 Å². The second-order valence-electron chi connectivity index (χ2n) is 9.56. The summed E-state index contributed by atoms with van der Waals surface area (Å²) >= 11 is 0.